The van der Waals surface area contributed by atoms with Crippen molar-refractivity contribution < 1.29 is 9.63 Å². The fraction of sp³-hybridized carbons (Fsp3) is 0.786. The van der Waals surface area contributed by atoms with Gasteiger partial charge in [-0.2, -0.15) is 0 Å². The molecule has 0 atom stereocenters. The largest absolute Gasteiger partial charge is 0.388 e. The van der Waals surface area contributed by atoms with Gasteiger partial charge in [0, 0.05) is 13.6 Å². The summed E-state index contributed by atoms with van der Waals surface area (Å²) in [6.07, 6.45) is 4.02. The van der Waals surface area contributed by atoms with E-state index in [1.54, 1.807) is 0 Å². The molecule has 0 aliphatic heterocycles. The summed E-state index contributed by atoms with van der Waals surface area (Å²) in [5.74, 6) is 1.57. The van der Waals surface area contributed by atoms with Crippen molar-refractivity contribution in [1.82, 2.24) is 5.16 Å². The summed E-state index contributed by atoms with van der Waals surface area (Å²) in [6.45, 7) is 6.77. The smallest absolute Gasteiger partial charge is 0.157 e. The summed E-state index contributed by atoms with van der Waals surface area (Å²) in [5.41, 5.74) is 1.35. The van der Waals surface area contributed by atoms with E-state index in [0.717, 1.165) is 48.7 Å². The van der Waals surface area contributed by atoms with Crippen LogP contribution in [0, 0.1) is 19.8 Å². The van der Waals surface area contributed by atoms with Crippen LogP contribution in [-0.2, 0) is 0 Å². The van der Waals surface area contributed by atoms with E-state index in [2.05, 4.69) is 17.0 Å². The number of rotatable bonds is 3. The number of likely N-dealkylation sites (N-methyl/N-ethyl adjacent to an activating group) is 1. The topological polar surface area (TPSA) is 49.5 Å². The van der Waals surface area contributed by atoms with Gasteiger partial charge in [0.2, 0.25) is 0 Å². The zero-order valence-corrected chi connectivity index (χ0v) is 11.9. The molecule has 0 bridgehead atoms. The van der Waals surface area contributed by atoms with Crippen LogP contribution in [0.5, 0.6) is 0 Å². The van der Waals surface area contributed by atoms with Crippen molar-refractivity contribution in [2.75, 3.05) is 18.5 Å². The normalized spacial score (nSPS) is 28.4. The van der Waals surface area contributed by atoms with Crippen LogP contribution in [0.4, 0.5) is 5.69 Å². The second kappa shape index (κ2) is 4.92. The van der Waals surface area contributed by atoms with E-state index in [4.69, 9.17) is 4.52 Å². The van der Waals surface area contributed by atoms with Gasteiger partial charge in [0.05, 0.1) is 5.60 Å². The Hall–Kier alpha value is -1.03. The van der Waals surface area contributed by atoms with Gasteiger partial charge in [-0.15, -0.1) is 0 Å². The van der Waals surface area contributed by atoms with Crippen molar-refractivity contribution in [3.05, 3.63) is 11.5 Å². The molecule has 18 heavy (non-hydrogen) atoms. The van der Waals surface area contributed by atoms with Crippen LogP contribution in [-0.4, -0.2) is 29.5 Å². The Kier molecular flexibility index (Phi) is 3.66. The van der Waals surface area contributed by atoms with Crippen LogP contribution in [0.3, 0.4) is 0 Å². The van der Waals surface area contributed by atoms with Gasteiger partial charge in [0.1, 0.15) is 11.4 Å². The Balaban J connectivity index is 2.05. The van der Waals surface area contributed by atoms with E-state index >= 15 is 0 Å². The fourth-order valence-electron chi connectivity index (χ4n) is 3.00. The monoisotopic (exact) mass is 252 g/mol. The Bertz CT molecular complexity index is 386. The third-order valence-electron chi connectivity index (χ3n) is 4.11. The van der Waals surface area contributed by atoms with Crippen molar-refractivity contribution in [2.45, 2.75) is 52.1 Å². The van der Waals surface area contributed by atoms with Gasteiger partial charge in [0.15, 0.2) is 5.76 Å². The lowest BCUT2D eigenvalue weighted by Gasteiger charge is -2.38. The number of hydrogen-bond acceptors (Lipinski definition) is 4. The molecule has 1 fully saturated rings. The molecule has 1 saturated carbocycles. The molecule has 0 unspecified atom stereocenters. The van der Waals surface area contributed by atoms with Crippen LogP contribution in [0.15, 0.2) is 4.52 Å². The predicted molar refractivity (Wildman–Crippen MR) is 71.8 cm³/mol. The fourth-order valence-corrected chi connectivity index (χ4v) is 3.00. The molecular weight excluding hydrogens is 228 g/mol. The highest BCUT2D eigenvalue weighted by molar-refractivity contribution is 5.52. The van der Waals surface area contributed by atoms with Gasteiger partial charge in [-0.25, -0.2) is 0 Å². The lowest BCUT2D eigenvalue weighted by Crippen LogP contribution is -2.44. The molecule has 0 spiro atoms. The maximum Gasteiger partial charge on any atom is 0.157 e. The molecule has 1 aliphatic rings. The third-order valence-corrected chi connectivity index (χ3v) is 4.11. The second-order valence-corrected chi connectivity index (χ2v) is 5.94. The zero-order chi connectivity index (χ0) is 13.3. The molecule has 0 radical (unpaired) electrons. The molecule has 0 aromatic carbocycles. The Labute approximate surface area is 109 Å². The number of anilines is 1. The van der Waals surface area contributed by atoms with Crippen LogP contribution in [0.25, 0.3) is 0 Å². The number of aliphatic hydroxyl groups is 1. The summed E-state index contributed by atoms with van der Waals surface area (Å²) in [7, 11) is 2.00. The minimum atomic E-state index is -0.558. The van der Waals surface area contributed by atoms with Gasteiger partial charge in [-0.3, -0.25) is 0 Å². The first-order valence-electron chi connectivity index (χ1n) is 6.78. The standard InChI is InChI=1S/C14H24N2O2/c1-10-5-7-14(17,8-6-10)9-16(4)13-11(2)15-18-12(13)3/h10,17H,5-9H2,1-4H3. The summed E-state index contributed by atoms with van der Waals surface area (Å²) >= 11 is 0. The number of aryl methyl sites for hydroxylation is 2. The Morgan fingerprint density at radius 1 is 1.39 bits per heavy atom. The minimum absolute atomic E-state index is 0.558. The number of hydrogen-bond donors (Lipinski definition) is 1. The maximum absolute atomic E-state index is 10.6. The minimum Gasteiger partial charge on any atom is -0.388 e. The van der Waals surface area contributed by atoms with Crippen LogP contribution in [0.1, 0.15) is 44.1 Å². The molecule has 1 N–H and O–H groups in total. The lowest BCUT2D eigenvalue weighted by atomic mass is 9.79. The third kappa shape index (κ3) is 2.69. The molecule has 1 aliphatic carbocycles. The molecule has 4 nitrogen and oxygen atoms in total. The molecule has 1 aromatic heterocycles. The average Bonchev–Trinajstić information content (AvgIpc) is 2.63. The predicted octanol–water partition coefficient (Wildman–Crippen LogP) is 2.67. The van der Waals surface area contributed by atoms with Crippen molar-refractivity contribution in [3.63, 3.8) is 0 Å². The Morgan fingerprint density at radius 2 is 2.00 bits per heavy atom. The number of nitrogens with zero attached hydrogens (tertiary/aromatic N) is 2. The van der Waals surface area contributed by atoms with Gasteiger partial charge in [0.25, 0.3) is 0 Å². The highest BCUT2D eigenvalue weighted by atomic mass is 16.5. The second-order valence-electron chi connectivity index (χ2n) is 5.94. The molecule has 0 saturated heterocycles. The highest BCUT2D eigenvalue weighted by Crippen LogP contribution is 2.34. The molecular formula is C14H24N2O2. The molecule has 0 amide bonds. The van der Waals surface area contributed by atoms with Gasteiger partial charge < -0.3 is 14.5 Å². The molecule has 4 heteroatoms. The van der Waals surface area contributed by atoms with Gasteiger partial charge in [-0.05, 0) is 45.4 Å². The SMILES string of the molecule is Cc1noc(C)c1N(C)CC1(O)CCC(C)CC1. The highest BCUT2D eigenvalue weighted by Gasteiger charge is 2.33. The van der Waals surface area contributed by atoms with Gasteiger partial charge in [-0.1, -0.05) is 12.1 Å². The van der Waals surface area contributed by atoms with Crippen molar-refractivity contribution >= 4 is 5.69 Å². The van der Waals surface area contributed by atoms with Crippen molar-refractivity contribution in [1.29, 1.82) is 0 Å². The first kappa shape index (κ1) is 13.4. The molecule has 2 rings (SSSR count). The first-order chi connectivity index (χ1) is 8.41. The first-order valence-corrected chi connectivity index (χ1v) is 6.78. The maximum atomic E-state index is 10.6. The van der Waals surface area contributed by atoms with E-state index < -0.39 is 5.60 Å². The van der Waals surface area contributed by atoms with Crippen LogP contribution >= 0.6 is 0 Å². The van der Waals surface area contributed by atoms with Crippen LogP contribution in [0.2, 0.25) is 0 Å². The van der Waals surface area contributed by atoms with E-state index in [1.807, 2.05) is 20.9 Å². The van der Waals surface area contributed by atoms with Crippen molar-refractivity contribution in [2.24, 2.45) is 5.92 Å². The van der Waals surface area contributed by atoms with E-state index in [1.165, 1.54) is 0 Å². The summed E-state index contributed by atoms with van der Waals surface area (Å²) < 4.78 is 5.18. The van der Waals surface area contributed by atoms with Crippen LogP contribution < -0.4 is 4.90 Å². The van der Waals surface area contributed by atoms with E-state index in [9.17, 15) is 5.11 Å². The summed E-state index contributed by atoms with van der Waals surface area (Å²) in [5, 5.41) is 14.6. The lowest BCUT2D eigenvalue weighted by molar-refractivity contribution is 0.000467. The average molecular weight is 252 g/mol. The van der Waals surface area contributed by atoms with E-state index in [0.29, 0.717) is 6.54 Å². The summed E-state index contributed by atoms with van der Waals surface area (Å²) in [4.78, 5) is 2.08. The molecule has 1 heterocycles. The zero-order valence-electron chi connectivity index (χ0n) is 11.9. The van der Waals surface area contributed by atoms with Gasteiger partial charge >= 0.3 is 0 Å². The summed E-state index contributed by atoms with van der Waals surface area (Å²) in [6, 6.07) is 0. The van der Waals surface area contributed by atoms with E-state index in [-0.39, 0.29) is 0 Å². The van der Waals surface area contributed by atoms with Crippen molar-refractivity contribution in [3.8, 4) is 0 Å². The quantitative estimate of drug-likeness (QED) is 0.898. The molecule has 1 aromatic rings. The molecule has 102 valence electrons. The number of aromatic nitrogens is 1. The Morgan fingerprint density at radius 3 is 2.50 bits per heavy atom.